The predicted molar refractivity (Wildman–Crippen MR) is 79.7 cm³/mol. The van der Waals surface area contributed by atoms with Crippen LogP contribution in [0.4, 0.5) is 5.69 Å². The van der Waals surface area contributed by atoms with Gasteiger partial charge >= 0.3 is 5.97 Å². The van der Waals surface area contributed by atoms with Crippen molar-refractivity contribution in [2.75, 3.05) is 45.8 Å². The van der Waals surface area contributed by atoms with Gasteiger partial charge in [-0.05, 0) is 18.2 Å². The molecule has 1 heterocycles. The van der Waals surface area contributed by atoms with E-state index in [-0.39, 0.29) is 18.9 Å². The summed E-state index contributed by atoms with van der Waals surface area (Å²) < 4.78 is 15.3. The molecular formula is C15H20N2O5. The number of amides is 1. The Morgan fingerprint density at radius 2 is 2.05 bits per heavy atom. The van der Waals surface area contributed by atoms with Gasteiger partial charge in [-0.2, -0.15) is 0 Å². The van der Waals surface area contributed by atoms with E-state index in [9.17, 15) is 9.59 Å². The third-order valence-electron chi connectivity index (χ3n) is 3.37. The number of hydrogen-bond acceptors (Lipinski definition) is 6. The Hall–Kier alpha value is -2.28. The molecule has 0 unspecified atom stereocenters. The van der Waals surface area contributed by atoms with Crippen molar-refractivity contribution in [2.45, 2.75) is 6.42 Å². The van der Waals surface area contributed by atoms with Gasteiger partial charge in [-0.1, -0.05) is 0 Å². The van der Waals surface area contributed by atoms with Crippen molar-refractivity contribution in [2.24, 2.45) is 0 Å². The van der Waals surface area contributed by atoms with E-state index in [2.05, 4.69) is 4.74 Å². The Morgan fingerprint density at radius 3 is 2.68 bits per heavy atom. The fourth-order valence-electron chi connectivity index (χ4n) is 2.14. The number of morpholine rings is 1. The van der Waals surface area contributed by atoms with Gasteiger partial charge in [0.2, 0.25) is 5.91 Å². The van der Waals surface area contributed by atoms with E-state index in [1.807, 2.05) is 0 Å². The first-order valence-electron chi connectivity index (χ1n) is 7.08. The zero-order chi connectivity index (χ0) is 15.9. The molecule has 1 saturated heterocycles. The minimum Gasteiger partial charge on any atom is -0.491 e. The first kappa shape index (κ1) is 16.1. The van der Waals surface area contributed by atoms with Crippen LogP contribution in [0.2, 0.25) is 0 Å². The van der Waals surface area contributed by atoms with Crippen LogP contribution in [0.15, 0.2) is 18.2 Å². The van der Waals surface area contributed by atoms with E-state index < -0.39 is 5.97 Å². The Labute approximate surface area is 128 Å². The predicted octanol–water partition coefficient (Wildman–Crippen LogP) is 0.683. The highest BCUT2D eigenvalue weighted by molar-refractivity contribution is 5.90. The summed E-state index contributed by atoms with van der Waals surface area (Å²) in [5, 5.41) is 0. The third-order valence-corrected chi connectivity index (χ3v) is 3.37. The highest BCUT2D eigenvalue weighted by Crippen LogP contribution is 2.23. The lowest BCUT2D eigenvalue weighted by atomic mass is 10.2. The van der Waals surface area contributed by atoms with Crippen molar-refractivity contribution in [1.29, 1.82) is 0 Å². The van der Waals surface area contributed by atoms with Crippen molar-refractivity contribution in [3.05, 3.63) is 23.8 Å². The molecule has 0 atom stereocenters. The number of esters is 1. The van der Waals surface area contributed by atoms with Crippen LogP contribution in [0.25, 0.3) is 0 Å². The highest BCUT2D eigenvalue weighted by atomic mass is 16.5. The molecule has 22 heavy (non-hydrogen) atoms. The van der Waals surface area contributed by atoms with Gasteiger partial charge < -0.3 is 24.8 Å². The fraction of sp³-hybridized carbons (Fsp3) is 0.467. The number of methoxy groups -OCH3 is 1. The molecule has 0 spiro atoms. The minimum atomic E-state index is -0.458. The summed E-state index contributed by atoms with van der Waals surface area (Å²) in [6.45, 7) is 2.63. The van der Waals surface area contributed by atoms with Crippen LogP contribution in [-0.2, 0) is 14.3 Å². The Bertz CT molecular complexity index is 541. The quantitative estimate of drug-likeness (QED) is 0.635. The summed E-state index contributed by atoms with van der Waals surface area (Å²) in [7, 11) is 1.31. The van der Waals surface area contributed by atoms with E-state index in [4.69, 9.17) is 15.2 Å². The van der Waals surface area contributed by atoms with Gasteiger partial charge in [0.05, 0.1) is 44.6 Å². The van der Waals surface area contributed by atoms with Crippen molar-refractivity contribution in [3.63, 3.8) is 0 Å². The number of nitrogens with zero attached hydrogens (tertiary/aromatic N) is 1. The molecule has 1 amide bonds. The summed E-state index contributed by atoms with van der Waals surface area (Å²) >= 11 is 0. The topological polar surface area (TPSA) is 91.1 Å². The average Bonchev–Trinajstić information content (AvgIpc) is 2.56. The molecule has 0 radical (unpaired) electrons. The molecule has 2 N–H and O–H groups in total. The normalized spacial score (nSPS) is 14.5. The van der Waals surface area contributed by atoms with Crippen molar-refractivity contribution in [1.82, 2.24) is 4.90 Å². The van der Waals surface area contributed by atoms with E-state index in [0.717, 1.165) is 0 Å². The number of hydrogen-bond donors (Lipinski definition) is 1. The number of nitrogen functional groups attached to an aromatic ring is 1. The molecule has 7 nitrogen and oxygen atoms in total. The summed E-state index contributed by atoms with van der Waals surface area (Å²) in [5.41, 5.74) is 6.52. The van der Waals surface area contributed by atoms with Crippen LogP contribution in [0.1, 0.15) is 16.8 Å². The van der Waals surface area contributed by atoms with Crippen LogP contribution in [-0.4, -0.2) is 56.8 Å². The standard InChI is InChI=1S/C15H20N2O5/c1-20-15(19)11-2-3-13(12(16)10-11)22-7-4-14(18)17-5-8-21-9-6-17/h2-3,10H,4-9,16H2,1H3. The van der Waals surface area contributed by atoms with E-state index in [1.54, 1.807) is 17.0 Å². The Morgan fingerprint density at radius 1 is 1.32 bits per heavy atom. The van der Waals surface area contributed by atoms with Gasteiger partial charge in [0.15, 0.2) is 0 Å². The zero-order valence-corrected chi connectivity index (χ0v) is 12.5. The summed E-state index contributed by atoms with van der Waals surface area (Å²) in [5.74, 6) is 0.0243. The monoisotopic (exact) mass is 308 g/mol. The SMILES string of the molecule is COC(=O)c1ccc(OCCC(=O)N2CCOCC2)c(N)c1. The number of carbonyl (C=O) groups excluding carboxylic acids is 2. The maximum Gasteiger partial charge on any atom is 0.337 e. The van der Waals surface area contributed by atoms with Crippen LogP contribution in [0.3, 0.4) is 0 Å². The second-order valence-electron chi connectivity index (χ2n) is 4.84. The largest absolute Gasteiger partial charge is 0.491 e. The molecular weight excluding hydrogens is 288 g/mol. The molecule has 1 aliphatic rings. The van der Waals surface area contributed by atoms with Gasteiger partial charge in [-0.25, -0.2) is 4.79 Å². The molecule has 0 saturated carbocycles. The second-order valence-corrected chi connectivity index (χ2v) is 4.84. The molecule has 0 aliphatic carbocycles. The van der Waals surface area contributed by atoms with Gasteiger partial charge in [0.1, 0.15) is 5.75 Å². The van der Waals surface area contributed by atoms with E-state index in [1.165, 1.54) is 13.2 Å². The number of nitrogens with two attached hydrogens (primary N) is 1. The summed E-state index contributed by atoms with van der Waals surface area (Å²) in [6.07, 6.45) is 0.276. The van der Waals surface area contributed by atoms with Crippen molar-refractivity contribution < 1.29 is 23.8 Å². The van der Waals surface area contributed by atoms with Gasteiger partial charge in [0, 0.05) is 13.1 Å². The lowest BCUT2D eigenvalue weighted by Crippen LogP contribution is -2.41. The van der Waals surface area contributed by atoms with Crippen LogP contribution < -0.4 is 10.5 Å². The van der Waals surface area contributed by atoms with Crippen molar-refractivity contribution >= 4 is 17.6 Å². The zero-order valence-electron chi connectivity index (χ0n) is 12.5. The number of rotatable bonds is 5. The van der Waals surface area contributed by atoms with Crippen LogP contribution >= 0.6 is 0 Å². The summed E-state index contributed by atoms with van der Waals surface area (Å²) in [6, 6.07) is 4.66. The van der Waals surface area contributed by atoms with Crippen molar-refractivity contribution in [3.8, 4) is 5.75 Å². The van der Waals surface area contributed by atoms with E-state index >= 15 is 0 Å². The van der Waals surface area contributed by atoms with E-state index in [0.29, 0.717) is 43.3 Å². The molecule has 1 aromatic carbocycles. The molecule has 0 aromatic heterocycles. The lowest BCUT2D eigenvalue weighted by Gasteiger charge is -2.26. The molecule has 120 valence electrons. The fourth-order valence-corrected chi connectivity index (χ4v) is 2.14. The first-order valence-corrected chi connectivity index (χ1v) is 7.08. The maximum atomic E-state index is 12.0. The second kappa shape index (κ2) is 7.65. The Balaban J connectivity index is 1.83. The number of ether oxygens (including phenoxy) is 3. The molecule has 0 bridgehead atoms. The van der Waals surface area contributed by atoms with Crippen LogP contribution in [0, 0.1) is 0 Å². The Kier molecular flexibility index (Phi) is 5.60. The molecule has 1 aromatic rings. The third kappa shape index (κ3) is 4.11. The molecule has 7 heteroatoms. The first-order chi connectivity index (χ1) is 10.6. The summed E-state index contributed by atoms with van der Waals surface area (Å²) in [4.78, 5) is 25.1. The smallest absolute Gasteiger partial charge is 0.337 e. The number of carbonyl (C=O) groups is 2. The molecule has 1 aliphatic heterocycles. The lowest BCUT2D eigenvalue weighted by molar-refractivity contribution is -0.135. The van der Waals surface area contributed by atoms with Gasteiger partial charge in [-0.3, -0.25) is 4.79 Å². The van der Waals surface area contributed by atoms with Gasteiger partial charge in [-0.15, -0.1) is 0 Å². The van der Waals surface area contributed by atoms with Crippen LogP contribution in [0.5, 0.6) is 5.75 Å². The number of anilines is 1. The maximum absolute atomic E-state index is 12.0. The number of benzene rings is 1. The highest BCUT2D eigenvalue weighted by Gasteiger charge is 2.16. The molecule has 2 rings (SSSR count). The minimum absolute atomic E-state index is 0.0352. The molecule has 1 fully saturated rings. The average molecular weight is 308 g/mol. The van der Waals surface area contributed by atoms with Gasteiger partial charge in [0.25, 0.3) is 0 Å².